The molecule has 1 aliphatic rings. The van der Waals surface area contributed by atoms with E-state index in [2.05, 4.69) is 11.2 Å². The van der Waals surface area contributed by atoms with Gasteiger partial charge in [0.05, 0.1) is 17.3 Å². The summed E-state index contributed by atoms with van der Waals surface area (Å²) in [6, 6.07) is 10.0. The third-order valence-corrected chi connectivity index (χ3v) is 3.60. The van der Waals surface area contributed by atoms with E-state index in [-0.39, 0.29) is 0 Å². The number of benzene rings is 1. The van der Waals surface area contributed by atoms with Gasteiger partial charge in [0.1, 0.15) is 0 Å². The number of aromatic nitrogens is 1. The van der Waals surface area contributed by atoms with Gasteiger partial charge in [-0.2, -0.15) is 5.26 Å². The third-order valence-electron chi connectivity index (χ3n) is 3.60. The predicted octanol–water partition coefficient (Wildman–Crippen LogP) is 2.40. The number of fused-ring (bicyclic) bond motifs is 1. The van der Waals surface area contributed by atoms with Crippen molar-refractivity contribution in [2.75, 3.05) is 5.73 Å². The zero-order valence-electron chi connectivity index (χ0n) is 9.89. The molecule has 4 heteroatoms. The summed E-state index contributed by atoms with van der Waals surface area (Å²) in [5.41, 5.74) is 9.56. The first-order valence-corrected chi connectivity index (χ1v) is 6.01. The van der Waals surface area contributed by atoms with Crippen molar-refractivity contribution in [1.82, 2.24) is 5.16 Å². The second kappa shape index (κ2) is 4.19. The quantitative estimate of drug-likeness (QED) is 0.829. The minimum absolute atomic E-state index is 0.331. The minimum Gasteiger partial charge on any atom is -0.367 e. The normalized spacial score (nSPS) is 18.1. The molecule has 0 aliphatic heterocycles. The molecule has 1 unspecified atom stereocenters. The molecule has 4 nitrogen and oxygen atoms in total. The van der Waals surface area contributed by atoms with E-state index in [1.54, 1.807) is 0 Å². The van der Waals surface area contributed by atoms with E-state index in [0.29, 0.717) is 11.8 Å². The molecule has 1 heterocycles. The molecule has 0 fully saturated rings. The van der Waals surface area contributed by atoms with Crippen molar-refractivity contribution in [1.29, 1.82) is 5.26 Å². The summed E-state index contributed by atoms with van der Waals surface area (Å²) in [5.74, 6) is 0.773. The highest BCUT2D eigenvalue weighted by atomic mass is 16.5. The van der Waals surface area contributed by atoms with Crippen LogP contribution in [0.2, 0.25) is 0 Å². The molecule has 3 rings (SSSR count). The average Bonchev–Trinajstić information content (AvgIpc) is 2.80. The molecule has 0 saturated carbocycles. The summed E-state index contributed by atoms with van der Waals surface area (Å²) in [6.07, 6.45) is 2.65. The Balaban J connectivity index is 1.95. The molecule has 1 aromatic carbocycles. The van der Waals surface area contributed by atoms with Crippen molar-refractivity contribution >= 4 is 5.88 Å². The highest BCUT2D eigenvalue weighted by Gasteiger charge is 2.26. The molecule has 1 aromatic heterocycles. The Kier molecular flexibility index (Phi) is 2.52. The van der Waals surface area contributed by atoms with Gasteiger partial charge in [0.15, 0.2) is 0 Å². The maximum Gasteiger partial charge on any atom is 0.225 e. The molecule has 2 aromatic rings. The lowest BCUT2D eigenvalue weighted by Gasteiger charge is -2.21. The van der Waals surface area contributed by atoms with E-state index in [0.717, 1.165) is 41.6 Å². The number of hydrogen-bond acceptors (Lipinski definition) is 4. The molecular formula is C14H13N3O. The SMILES string of the molecule is N#Cc1ccccc1C1CCc2c(noc2N)C1. The molecule has 0 radical (unpaired) electrons. The highest BCUT2D eigenvalue weighted by Crippen LogP contribution is 2.35. The summed E-state index contributed by atoms with van der Waals surface area (Å²) in [7, 11) is 0. The first kappa shape index (κ1) is 10.8. The maximum absolute atomic E-state index is 9.14. The van der Waals surface area contributed by atoms with Gasteiger partial charge in [-0.15, -0.1) is 0 Å². The van der Waals surface area contributed by atoms with E-state index in [1.165, 1.54) is 0 Å². The van der Waals surface area contributed by atoms with Crippen LogP contribution in [0.3, 0.4) is 0 Å². The van der Waals surface area contributed by atoms with Crippen molar-refractivity contribution in [3.63, 3.8) is 0 Å². The van der Waals surface area contributed by atoms with Crippen LogP contribution in [0.5, 0.6) is 0 Å². The molecular weight excluding hydrogens is 226 g/mol. The number of nitrogens with two attached hydrogens (primary N) is 1. The van der Waals surface area contributed by atoms with Crippen molar-refractivity contribution in [2.45, 2.75) is 25.2 Å². The van der Waals surface area contributed by atoms with Crippen molar-refractivity contribution in [2.24, 2.45) is 0 Å². The van der Waals surface area contributed by atoms with E-state index in [1.807, 2.05) is 24.3 Å². The van der Waals surface area contributed by atoms with Crippen molar-refractivity contribution < 1.29 is 4.52 Å². The molecule has 0 spiro atoms. The molecule has 0 bridgehead atoms. The van der Waals surface area contributed by atoms with Gasteiger partial charge in [0.25, 0.3) is 0 Å². The fourth-order valence-corrected chi connectivity index (χ4v) is 2.66. The van der Waals surface area contributed by atoms with Gasteiger partial charge in [-0.1, -0.05) is 23.4 Å². The average molecular weight is 239 g/mol. The smallest absolute Gasteiger partial charge is 0.225 e. The number of rotatable bonds is 1. The zero-order valence-corrected chi connectivity index (χ0v) is 9.89. The summed E-state index contributed by atoms with van der Waals surface area (Å²) in [4.78, 5) is 0. The van der Waals surface area contributed by atoms with Crippen LogP contribution in [0.25, 0.3) is 0 Å². The fourth-order valence-electron chi connectivity index (χ4n) is 2.66. The van der Waals surface area contributed by atoms with Gasteiger partial charge in [0.2, 0.25) is 5.88 Å². The third kappa shape index (κ3) is 1.65. The van der Waals surface area contributed by atoms with Crippen LogP contribution < -0.4 is 5.73 Å². The van der Waals surface area contributed by atoms with Gasteiger partial charge in [-0.25, -0.2) is 0 Å². The number of hydrogen-bond donors (Lipinski definition) is 1. The number of anilines is 1. The number of nitrogen functional groups attached to an aromatic ring is 1. The number of nitriles is 1. The Morgan fingerprint density at radius 2 is 2.22 bits per heavy atom. The first-order valence-electron chi connectivity index (χ1n) is 6.01. The largest absolute Gasteiger partial charge is 0.367 e. The second-order valence-corrected chi connectivity index (χ2v) is 4.61. The Morgan fingerprint density at radius 1 is 1.39 bits per heavy atom. The van der Waals surface area contributed by atoms with Crippen molar-refractivity contribution in [3.8, 4) is 6.07 Å². The van der Waals surface area contributed by atoms with Gasteiger partial charge >= 0.3 is 0 Å². The Labute approximate surface area is 105 Å². The second-order valence-electron chi connectivity index (χ2n) is 4.61. The molecule has 2 N–H and O–H groups in total. The predicted molar refractivity (Wildman–Crippen MR) is 66.8 cm³/mol. The highest BCUT2D eigenvalue weighted by molar-refractivity contribution is 5.45. The van der Waals surface area contributed by atoms with Crippen LogP contribution in [0.15, 0.2) is 28.8 Å². The Hall–Kier alpha value is -2.28. The minimum atomic E-state index is 0.331. The first-order chi connectivity index (χ1) is 8.79. The molecule has 0 saturated heterocycles. The van der Waals surface area contributed by atoms with Gasteiger partial charge in [-0.05, 0) is 30.4 Å². The van der Waals surface area contributed by atoms with Crippen LogP contribution in [0.4, 0.5) is 5.88 Å². The molecule has 1 atom stereocenters. The number of nitrogens with zero attached hydrogens (tertiary/aromatic N) is 2. The summed E-state index contributed by atoms with van der Waals surface area (Å²) in [5, 5.41) is 13.1. The molecule has 0 amide bonds. The van der Waals surface area contributed by atoms with Crippen LogP contribution >= 0.6 is 0 Å². The van der Waals surface area contributed by atoms with Crippen LogP contribution in [-0.4, -0.2) is 5.16 Å². The summed E-state index contributed by atoms with van der Waals surface area (Å²) < 4.78 is 5.02. The maximum atomic E-state index is 9.14. The lowest BCUT2D eigenvalue weighted by atomic mass is 9.81. The Bertz CT molecular complexity index is 624. The van der Waals surface area contributed by atoms with Crippen LogP contribution in [0.1, 0.15) is 34.7 Å². The van der Waals surface area contributed by atoms with E-state index >= 15 is 0 Å². The molecule has 90 valence electrons. The summed E-state index contributed by atoms with van der Waals surface area (Å²) in [6.45, 7) is 0. The van der Waals surface area contributed by atoms with E-state index in [9.17, 15) is 0 Å². The lowest BCUT2D eigenvalue weighted by molar-refractivity contribution is 0.424. The Morgan fingerprint density at radius 3 is 3.06 bits per heavy atom. The zero-order chi connectivity index (χ0) is 12.5. The van der Waals surface area contributed by atoms with Gasteiger partial charge in [-0.3, -0.25) is 0 Å². The molecule has 1 aliphatic carbocycles. The molecule has 18 heavy (non-hydrogen) atoms. The van der Waals surface area contributed by atoms with Crippen LogP contribution in [0, 0.1) is 11.3 Å². The lowest BCUT2D eigenvalue weighted by Crippen LogP contribution is -2.13. The van der Waals surface area contributed by atoms with Gasteiger partial charge < -0.3 is 10.3 Å². The fraction of sp³-hybridized carbons (Fsp3) is 0.286. The van der Waals surface area contributed by atoms with E-state index < -0.39 is 0 Å². The van der Waals surface area contributed by atoms with Gasteiger partial charge in [0, 0.05) is 12.0 Å². The van der Waals surface area contributed by atoms with Crippen molar-refractivity contribution in [3.05, 3.63) is 46.6 Å². The topological polar surface area (TPSA) is 75.8 Å². The van der Waals surface area contributed by atoms with E-state index in [4.69, 9.17) is 15.5 Å². The summed E-state index contributed by atoms with van der Waals surface area (Å²) >= 11 is 0. The van der Waals surface area contributed by atoms with Crippen LogP contribution in [-0.2, 0) is 12.8 Å². The monoisotopic (exact) mass is 239 g/mol. The standard InChI is InChI=1S/C14H13N3O/c15-8-10-3-1-2-4-11(10)9-5-6-12-13(7-9)17-18-14(12)16/h1-4,9H,5-7,16H2.